The van der Waals surface area contributed by atoms with Crippen LogP contribution >= 0.6 is 43.5 Å². The number of ketones is 1. The summed E-state index contributed by atoms with van der Waals surface area (Å²) in [6, 6.07) is 2.17. The molecule has 0 bridgehead atoms. The van der Waals surface area contributed by atoms with Gasteiger partial charge >= 0.3 is 5.38 Å². The van der Waals surface area contributed by atoms with Crippen molar-refractivity contribution in [3.8, 4) is 0 Å². The minimum Gasteiger partial charge on any atom is -0.286 e. The molecule has 1 aromatic rings. The maximum atomic E-state index is 13.1. The molecule has 82 valence electrons. The van der Waals surface area contributed by atoms with E-state index in [-0.39, 0.29) is 8.95 Å². The van der Waals surface area contributed by atoms with E-state index in [0.29, 0.717) is 0 Å². The van der Waals surface area contributed by atoms with E-state index in [1.807, 2.05) is 0 Å². The van der Waals surface area contributed by atoms with Gasteiger partial charge in [0.2, 0.25) is 0 Å². The molecule has 15 heavy (non-hydrogen) atoms. The Morgan fingerprint density at radius 2 is 1.87 bits per heavy atom. The molecule has 0 aliphatic rings. The lowest BCUT2D eigenvalue weighted by atomic mass is 10.1. The summed E-state index contributed by atoms with van der Waals surface area (Å²) in [6.45, 7) is 0. The van der Waals surface area contributed by atoms with Crippen LogP contribution in [0.5, 0.6) is 0 Å². The highest BCUT2D eigenvalue weighted by Crippen LogP contribution is 2.34. The normalized spacial score (nSPS) is 11.6. The van der Waals surface area contributed by atoms with E-state index >= 15 is 0 Å². The number of alkyl halides is 3. The van der Waals surface area contributed by atoms with Crippen molar-refractivity contribution < 1.29 is 18.0 Å². The third-order valence-corrected chi connectivity index (χ3v) is 3.72. The predicted octanol–water partition coefficient (Wildman–Crippen LogP) is 4.37. The molecule has 0 aromatic heterocycles. The zero-order chi connectivity index (χ0) is 11.8. The molecule has 0 amide bonds. The van der Waals surface area contributed by atoms with E-state index in [4.69, 9.17) is 0 Å². The summed E-state index contributed by atoms with van der Waals surface area (Å²) in [7, 11) is 0. The van der Waals surface area contributed by atoms with E-state index in [2.05, 4.69) is 43.5 Å². The lowest BCUT2D eigenvalue weighted by Crippen LogP contribution is -2.23. The summed E-state index contributed by atoms with van der Waals surface area (Å²) < 4.78 is 38.4. The summed E-state index contributed by atoms with van der Waals surface area (Å²) in [4.78, 5) is 11.1. The first-order valence-electron chi connectivity index (χ1n) is 3.50. The monoisotopic (exact) mass is 364 g/mol. The molecule has 0 unspecified atom stereocenters. The van der Waals surface area contributed by atoms with Crippen molar-refractivity contribution in [1.82, 2.24) is 0 Å². The Morgan fingerprint density at radius 3 is 2.33 bits per heavy atom. The Balaban J connectivity index is 3.38. The second kappa shape index (κ2) is 4.43. The summed E-state index contributed by atoms with van der Waals surface area (Å²) in [5.41, 5.74) is -0.774. The fraction of sp³-hybridized carbons (Fsp3) is 0.125. The van der Waals surface area contributed by atoms with Crippen molar-refractivity contribution in [3.05, 3.63) is 32.5 Å². The zero-order valence-corrected chi connectivity index (χ0v) is 10.8. The third-order valence-electron chi connectivity index (χ3n) is 1.53. The predicted molar refractivity (Wildman–Crippen MR) is 56.9 cm³/mol. The minimum atomic E-state index is -4.12. The smallest absolute Gasteiger partial charge is 0.286 e. The molecule has 0 spiro atoms. The lowest BCUT2D eigenvalue weighted by Gasteiger charge is -2.10. The van der Waals surface area contributed by atoms with Crippen molar-refractivity contribution in [3.63, 3.8) is 0 Å². The van der Waals surface area contributed by atoms with Crippen LogP contribution in [0.3, 0.4) is 0 Å². The van der Waals surface area contributed by atoms with Crippen LogP contribution in [-0.2, 0) is 0 Å². The maximum absolute atomic E-state index is 13.1. The van der Waals surface area contributed by atoms with Gasteiger partial charge in [0.1, 0.15) is 5.82 Å². The van der Waals surface area contributed by atoms with Crippen LogP contribution in [0.25, 0.3) is 0 Å². The van der Waals surface area contributed by atoms with Crippen molar-refractivity contribution in [1.29, 1.82) is 0 Å². The fourth-order valence-electron chi connectivity index (χ4n) is 0.877. The minimum absolute atomic E-state index is 0.0900. The number of Topliss-reactive ketones (excluding diaryl/α,β-unsaturated/α-hetero) is 1. The van der Waals surface area contributed by atoms with E-state index in [1.165, 1.54) is 6.07 Å². The van der Waals surface area contributed by atoms with Gasteiger partial charge in [-0.2, -0.15) is 8.78 Å². The lowest BCUT2D eigenvalue weighted by molar-refractivity contribution is 0.0530. The van der Waals surface area contributed by atoms with Crippen LogP contribution in [0.2, 0.25) is 0 Å². The number of carbonyl (C=O) groups is 1. The van der Waals surface area contributed by atoms with Crippen molar-refractivity contribution in [2.75, 3.05) is 0 Å². The van der Waals surface area contributed by atoms with Crippen LogP contribution in [0.15, 0.2) is 21.1 Å². The first-order chi connectivity index (χ1) is 6.75. The fourth-order valence-corrected chi connectivity index (χ4v) is 1.80. The third kappa shape index (κ3) is 2.73. The van der Waals surface area contributed by atoms with Crippen LogP contribution in [0.1, 0.15) is 10.4 Å². The van der Waals surface area contributed by atoms with E-state index in [0.717, 1.165) is 6.07 Å². The average Bonchev–Trinajstić information content (AvgIpc) is 2.10. The van der Waals surface area contributed by atoms with Crippen molar-refractivity contribution in [2.24, 2.45) is 0 Å². The van der Waals surface area contributed by atoms with Crippen LogP contribution in [0.4, 0.5) is 13.2 Å². The van der Waals surface area contributed by atoms with Gasteiger partial charge in [-0.15, -0.1) is 0 Å². The first-order valence-corrected chi connectivity index (χ1v) is 5.46. The van der Waals surface area contributed by atoms with Gasteiger partial charge in [0.25, 0.3) is 5.78 Å². The van der Waals surface area contributed by atoms with Gasteiger partial charge in [-0.3, -0.25) is 4.79 Å². The maximum Gasteiger partial charge on any atom is 0.385 e. The molecule has 0 saturated carbocycles. The molecule has 0 aliphatic heterocycles. The Labute approximate surface area is 105 Å². The summed E-state index contributed by atoms with van der Waals surface area (Å²) >= 11 is 10.3. The summed E-state index contributed by atoms with van der Waals surface area (Å²) in [5, 5.41) is -4.12. The van der Waals surface area contributed by atoms with Crippen LogP contribution in [-0.4, -0.2) is 11.2 Å². The average molecular weight is 366 g/mol. The van der Waals surface area contributed by atoms with E-state index in [9.17, 15) is 18.0 Å². The Morgan fingerprint density at radius 1 is 1.33 bits per heavy atom. The topological polar surface area (TPSA) is 17.1 Å². The molecule has 1 nitrogen and oxygen atoms in total. The number of benzene rings is 1. The molecule has 0 fully saturated rings. The highest BCUT2D eigenvalue weighted by molar-refractivity contribution is 9.13. The molecular weight excluding hydrogens is 364 g/mol. The quantitative estimate of drug-likeness (QED) is 0.432. The SMILES string of the molecule is O=C(c1c(F)ccc(Br)c1Br)C(F)(F)Cl. The van der Waals surface area contributed by atoms with Gasteiger partial charge in [0.15, 0.2) is 0 Å². The molecule has 0 aliphatic carbocycles. The van der Waals surface area contributed by atoms with Crippen LogP contribution in [0, 0.1) is 5.82 Å². The molecule has 0 N–H and O–H groups in total. The number of hydrogen-bond donors (Lipinski definition) is 0. The number of hydrogen-bond acceptors (Lipinski definition) is 1. The highest BCUT2D eigenvalue weighted by atomic mass is 79.9. The molecular formula is C8H2Br2ClF3O. The first kappa shape index (κ1) is 13.0. The Hall–Kier alpha value is -0.0700. The zero-order valence-electron chi connectivity index (χ0n) is 6.83. The van der Waals surface area contributed by atoms with Gasteiger partial charge in [-0.25, -0.2) is 4.39 Å². The van der Waals surface area contributed by atoms with Crippen molar-refractivity contribution >= 4 is 49.2 Å². The van der Waals surface area contributed by atoms with Crippen molar-refractivity contribution in [2.45, 2.75) is 5.38 Å². The molecule has 0 heterocycles. The molecule has 7 heteroatoms. The molecule has 1 aromatic carbocycles. The van der Waals surface area contributed by atoms with Gasteiger partial charge < -0.3 is 0 Å². The molecule has 0 radical (unpaired) electrons. The Bertz CT molecular complexity index is 417. The molecule has 1 rings (SSSR count). The summed E-state index contributed by atoms with van der Waals surface area (Å²) in [5.74, 6) is -2.84. The standard InChI is InChI=1S/C8H2Br2ClF3O/c9-3-1-2-4(12)5(6(3)10)7(15)8(11,13)14/h1-2H. The van der Waals surface area contributed by atoms with Gasteiger partial charge in [0, 0.05) is 8.95 Å². The second-order valence-electron chi connectivity index (χ2n) is 2.55. The van der Waals surface area contributed by atoms with Gasteiger partial charge in [0.05, 0.1) is 5.56 Å². The second-order valence-corrected chi connectivity index (χ2v) is 4.67. The van der Waals surface area contributed by atoms with Gasteiger partial charge in [-0.05, 0) is 55.6 Å². The van der Waals surface area contributed by atoms with Crippen LogP contribution < -0.4 is 0 Å². The largest absolute Gasteiger partial charge is 0.385 e. The highest BCUT2D eigenvalue weighted by Gasteiger charge is 2.39. The Kier molecular flexibility index (Phi) is 3.84. The molecule has 0 saturated heterocycles. The molecule has 0 atom stereocenters. The van der Waals surface area contributed by atoms with Gasteiger partial charge in [-0.1, -0.05) is 0 Å². The summed E-state index contributed by atoms with van der Waals surface area (Å²) in [6.07, 6.45) is 0. The number of carbonyl (C=O) groups excluding carboxylic acids is 1. The number of rotatable bonds is 2. The van der Waals surface area contributed by atoms with E-state index < -0.39 is 22.5 Å². The number of halogens is 6. The van der Waals surface area contributed by atoms with E-state index in [1.54, 1.807) is 0 Å².